The van der Waals surface area contributed by atoms with Gasteiger partial charge in [-0.25, -0.2) is 9.97 Å². The van der Waals surface area contributed by atoms with Crippen LogP contribution in [0.2, 0.25) is 0 Å². The van der Waals surface area contributed by atoms with E-state index in [1.807, 2.05) is 9.80 Å². The molecule has 2 heterocycles. The highest BCUT2D eigenvalue weighted by Gasteiger charge is 2.31. The van der Waals surface area contributed by atoms with E-state index in [4.69, 9.17) is 0 Å². The topological polar surface area (TPSA) is 70.6 Å². The Morgan fingerprint density at radius 2 is 1.70 bits per heavy atom. The average Bonchev–Trinajstić information content (AvgIpc) is 2.63. The number of piperazine rings is 1. The molecule has 1 aliphatic heterocycles. The second-order valence-corrected chi connectivity index (χ2v) is 5.93. The summed E-state index contributed by atoms with van der Waals surface area (Å²) in [5.74, 6) is 0.103. The summed E-state index contributed by atoms with van der Waals surface area (Å²) in [6.45, 7) is 2.99. The van der Waals surface area contributed by atoms with Crippen molar-refractivity contribution in [1.29, 1.82) is 0 Å². The molecule has 0 unspecified atom stereocenters. The summed E-state index contributed by atoms with van der Waals surface area (Å²) in [5.41, 5.74) is 0.408. The van der Waals surface area contributed by atoms with Crippen molar-refractivity contribution in [1.82, 2.24) is 14.9 Å². The van der Waals surface area contributed by atoms with E-state index in [9.17, 15) is 18.0 Å². The zero-order valence-electron chi connectivity index (χ0n) is 14.3. The van der Waals surface area contributed by atoms with E-state index < -0.39 is 6.36 Å². The van der Waals surface area contributed by atoms with Crippen LogP contribution < -0.4 is 15.0 Å². The molecule has 0 spiro atoms. The van der Waals surface area contributed by atoms with Crippen molar-refractivity contribution in [3.63, 3.8) is 0 Å². The van der Waals surface area contributed by atoms with Gasteiger partial charge in [-0.3, -0.25) is 9.69 Å². The van der Waals surface area contributed by atoms with E-state index in [2.05, 4.69) is 20.0 Å². The van der Waals surface area contributed by atoms with Gasteiger partial charge in [0.2, 0.25) is 11.9 Å². The molecule has 1 N–H and O–H groups in total. The number of carbonyl (C=O) groups is 1. The molecule has 7 nitrogen and oxygen atoms in total. The molecule has 1 saturated heterocycles. The summed E-state index contributed by atoms with van der Waals surface area (Å²) >= 11 is 0. The lowest BCUT2D eigenvalue weighted by atomic mass is 10.3. The molecule has 2 aromatic rings. The number of nitrogens with zero attached hydrogens (tertiary/aromatic N) is 4. The average molecular weight is 381 g/mol. The van der Waals surface area contributed by atoms with Crippen molar-refractivity contribution in [2.45, 2.75) is 6.36 Å². The Bertz CT molecular complexity index is 747. The van der Waals surface area contributed by atoms with Gasteiger partial charge in [-0.15, -0.1) is 13.2 Å². The zero-order valence-corrected chi connectivity index (χ0v) is 14.3. The molecule has 1 fully saturated rings. The molecule has 0 radical (unpaired) electrons. The van der Waals surface area contributed by atoms with Gasteiger partial charge >= 0.3 is 6.36 Å². The SMILES string of the molecule is O=C(CN1CCN(c2ncccn2)CC1)Nc1ccc(OC(F)(F)F)cc1. The number of aromatic nitrogens is 2. The number of carbonyl (C=O) groups excluding carboxylic acids is 1. The third-order valence-electron chi connectivity index (χ3n) is 3.95. The highest BCUT2D eigenvalue weighted by Crippen LogP contribution is 2.24. The molecule has 10 heteroatoms. The lowest BCUT2D eigenvalue weighted by molar-refractivity contribution is -0.274. The van der Waals surface area contributed by atoms with E-state index in [-0.39, 0.29) is 18.2 Å². The third-order valence-corrected chi connectivity index (χ3v) is 3.95. The summed E-state index contributed by atoms with van der Waals surface area (Å²) in [7, 11) is 0. The number of anilines is 2. The molecule has 1 aromatic carbocycles. The highest BCUT2D eigenvalue weighted by atomic mass is 19.4. The van der Waals surface area contributed by atoms with Crippen molar-refractivity contribution in [2.75, 3.05) is 42.9 Å². The van der Waals surface area contributed by atoms with Gasteiger partial charge in [-0.1, -0.05) is 0 Å². The molecule has 1 aliphatic rings. The Morgan fingerprint density at radius 3 is 2.30 bits per heavy atom. The van der Waals surface area contributed by atoms with Crippen molar-refractivity contribution in [2.24, 2.45) is 0 Å². The summed E-state index contributed by atoms with van der Waals surface area (Å²) in [6.07, 6.45) is -1.36. The van der Waals surface area contributed by atoms with Crippen LogP contribution in [0.5, 0.6) is 5.75 Å². The van der Waals surface area contributed by atoms with Gasteiger partial charge in [0, 0.05) is 44.3 Å². The van der Waals surface area contributed by atoms with Crippen LogP contribution in [0.3, 0.4) is 0 Å². The smallest absolute Gasteiger partial charge is 0.406 e. The molecule has 3 rings (SSSR count). The molecule has 0 bridgehead atoms. The maximum atomic E-state index is 12.1. The second-order valence-electron chi connectivity index (χ2n) is 5.93. The number of ether oxygens (including phenoxy) is 1. The highest BCUT2D eigenvalue weighted by molar-refractivity contribution is 5.92. The molecule has 27 heavy (non-hydrogen) atoms. The predicted molar refractivity (Wildman–Crippen MR) is 92.4 cm³/mol. The minimum absolute atomic E-state index is 0.199. The summed E-state index contributed by atoms with van der Waals surface area (Å²) in [4.78, 5) is 24.6. The van der Waals surface area contributed by atoms with E-state index >= 15 is 0 Å². The zero-order chi connectivity index (χ0) is 19.3. The van der Waals surface area contributed by atoms with E-state index in [0.717, 1.165) is 12.1 Å². The largest absolute Gasteiger partial charge is 0.573 e. The first-order valence-corrected chi connectivity index (χ1v) is 8.29. The maximum absolute atomic E-state index is 12.1. The number of halogens is 3. The number of nitrogens with one attached hydrogen (secondary N) is 1. The number of alkyl halides is 3. The van der Waals surface area contributed by atoms with Gasteiger partial charge < -0.3 is 15.0 Å². The Balaban J connectivity index is 1.45. The van der Waals surface area contributed by atoms with Gasteiger partial charge in [0.1, 0.15) is 5.75 Å². The van der Waals surface area contributed by atoms with Crippen LogP contribution in [0.4, 0.5) is 24.8 Å². The predicted octanol–water partition coefficient (Wildman–Crippen LogP) is 2.14. The van der Waals surface area contributed by atoms with Crippen molar-refractivity contribution < 1.29 is 22.7 Å². The quantitative estimate of drug-likeness (QED) is 0.856. The molecular weight excluding hydrogens is 363 g/mol. The lowest BCUT2D eigenvalue weighted by Gasteiger charge is -2.34. The summed E-state index contributed by atoms with van der Waals surface area (Å²) in [6, 6.07) is 6.79. The molecule has 0 atom stereocenters. The third kappa shape index (κ3) is 5.81. The Kier molecular flexibility index (Phi) is 5.75. The Labute approximate surface area is 153 Å². The van der Waals surface area contributed by atoms with Gasteiger partial charge in [-0.2, -0.15) is 0 Å². The fourth-order valence-corrected chi connectivity index (χ4v) is 2.70. The van der Waals surface area contributed by atoms with Crippen LogP contribution in [0, 0.1) is 0 Å². The first-order valence-electron chi connectivity index (χ1n) is 8.29. The van der Waals surface area contributed by atoms with E-state index in [1.54, 1.807) is 18.5 Å². The van der Waals surface area contributed by atoms with Crippen LogP contribution in [-0.4, -0.2) is 59.9 Å². The molecule has 1 aromatic heterocycles. The van der Waals surface area contributed by atoms with Gasteiger partial charge in [-0.05, 0) is 30.3 Å². The van der Waals surface area contributed by atoms with E-state index in [1.165, 1.54) is 12.1 Å². The van der Waals surface area contributed by atoms with Gasteiger partial charge in [0.25, 0.3) is 0 Å². The molecule has 0 saturated carbocycles. The Hall–Kier alpha value is -2.88. The summed E-state index contributed by atoms with van der Waals surface area (Å²) in [5, 5.41) is 2.67. The number of amides is 1. The standard InChI is InChI=1S/C17H18F3N5O2/c18-17(19,20)27-14-4-2-13(3-5-14)23-15(26)12-24-8-10-25(11-9-24)16-21-6-1-7-22-16/h1-7H,8-12H2,(H,23,26). The first-order chi connectivity index (χ1) is 12.9. The fourth-order valence-electron chi connectivity index (χ4n) is 2.70. The number of hydrogen-bond acceptors (Lipinski definition) is 6. The van der Waals surface area contributed by atoms with Crippen LogP contribution in [0.25, 0.3) is 0 Å². The van der Waals surface area contributed by atoms with Crippen LogP contribution >= 0.6 is 0 Å². The monoisotopic (exact) mass is 381 g/mol. The normalized spacial score (nSPS) is 15.4. The van der Waals surface area contributed by atoms with Gasteiger partial charge in [0.05, 0.1) is 6.54 Å². The first kappa shape index (κ1) is 18.9. The van der Waals surface area contributed by atoms with E-state index in [0.29, 0.717) is 37.8 Å². The number of hydrogen-bond donors (Lipinski definition) is 1. The lowest BCUT2D eigenvalue weighted by Crippen LogP contribution is -2.49. The second kappa shape index (κ2) is 8.21. The van der Waals surface area contributed by atoms with Crippen molar-refractivity contribution in [3.8, 4) is 5.75 Å². The number of rotatable bonds is 5. The molecular formula is C17H18F3N5O2. The molecule has 1 amide bonds. The van der Waals surface area contributed by atoms with Crippen molar-refractivity contribution >= 4 is 17.5 Å². The van der Waals surface area contributed by atoms with Crippen molar-refractivity contribution in [3.05, 3.63) is 42.7 Å². The minimum Gasteiger partial charge on any atom is -0.406 e. The molecule has 144 valence electrons. The number of benzene rings is 1. The minimum atomic E-state index is -4.74. The van der Waals surface area contributed by atoms with Crippen LogP contribution in [0.1, 0.15) is 0 Å². The summed E-state index contributed by atoms with van der Waals surface area (Å²) < 4.78 is 40.2. The van der Waals surface area contributed by atoms with Crippen LogP contribution in [0.15, 0.2) is 42.7 Å². The Morgan fingerprint density at radius 1 is 1.07 bits per heavy atom. The van der Waals surface area contributed by atoms with Crippen LogP contribution in [-0.2, 0) is 4.79 Å². The maximum Gasteiger partial charge on any atom is 0.573 e. The fraction of sp³-hybridized carbons (Fsp3) is 0.353. The van der Waals surface area contributed by atoms with Gasteiger partial charge in [0.15, 0.2) is 0 Å². The molecule has 0 aliphatic carbocycles.